The third-order valence-corrected chi connectivity index (χ3v) is 5.17. The van der Waals surface area contributed by atoms with Crippen molar-refractivity contribution < 1.29 is 4.74 Å². The van der Waals surface area contributed by atoms with Gasteiger partial charge in [0.1, 0.15) is 5.82 Å². The molecule has 0 bridgehead atoms. The number of benzene rings is 2. The Morgan fingerprint density at radius 1 is 1.07 bits per heavy atom. The van der Waals surface area contributed by atoms with Crippen LogP contribution in [0.4, 0.5) is 0 Å². The van der Waals surface area contributed by atoms with Gasteiger partial charge in [0.2, 0.25) is 0 Å². The maximum atomic E-state index is 9.37. The number of nitrogens with zero attached hydrogens (tertiary/aromatic N) is 5. The lowest BCUT2D eigenvalue weighted by Gasteiger charge is -2.12. The fourth-order valence-electron chi connectivity index (χ4n) is 3.70. The summed E-state index contributed by atoms with van der Waals surface area (Å²) in [6.07, 6.45) is 2.59. The molecule has 0 radical (unpaired) electrons. The average molecular weight is 397 g/mol. The van der Waals surface area contributed by atoms with E-state index < -0.39 is 0 Å². The van der Waals surface area contributed by atoms with Gasteiger partial charge in [-0.2, -0.15) is 14.8 Å². The summed E-state index contributed by atoms with van der Waals surface area (Å²) in [5.74, 6) is 0.802. The molecule has 0 aliphatic carbocycles. The minimum atomic E-state index is 0.346. The number of fused-ring (bicyclic) bond motifs is 1. The predicted octanol–water partition coefficient (Wildman–Crippen LogP) is 4.52. The molecule has 2 aromatic heterocycles. The number of methoxy groups -OCH3 is 1. The molecule has 0 saturated carbocycles. The van der Waals surface area contributed by atoms with E-state index in [0.29, 0.717) is 18.0 Å². The Bertz CT molecular complexity index is 1240. The van der Waals surface area contributed by atoms with E-state index in [-0.39, 0.29) is 0 Å². The maximum absolute atomic E-state index is 9.37. The van der Waals surface area contributed by atoms with Gasteiger partial charge < -0.3 is 4.74 Å². The third kappa shape index (κ3) is 3.62. The Hall–Kier alpha value is -3.72. The first kappa shape index (κ1) is 19.6. The lowest BCUT2D eigenvalue weighted by atomic mass is 9.97. The molecular weight excluding hydrogens is 374 g/mol. The lowest BCUT2D eigenvalue weighted by Crippen LogP contribution is -2.08. The molecule has 0 aliphatic heterocycles. The summed E-state index contributed by atoms with van der Waals surface area (Å²) in [5, 5.41) is 13.8. The van der Waals surface area contributed by atoms with E-state index in [1.165, 1.54) is 0 Å². The molecule has 2 heterocycles. The fraction of sp³-hybridized carbons (Fsp3) is 0.250. The minimum Gasteiger partial charge on any atom is -0.466 e. The van der Waals surface area contributed by atoms with E-state index in [1.54, 1.807) is 11.6 Å². The number of nitriles is 1. The van der Waals surface area contributed by atoms with Crippen LogP contribution in [0.15, 0.2) is 48.5 Å². The van der Waals surface area contributed by atoms with Gasteiger partial charge in [-0.3, -0.25) is 0 Å². The van der Waals surface area contributed by atoms with Crippen LogP contribution in [0.1, 0.15) is 41.6 Å². The third-order valence-electron chi connectivity index (χ3n) is 5.17. The van der Waals surface area contributed by atoms with Crippen LogP contribution >= 0.6 is 0 Å². The van der Waals surface area contributed by atoms with Crippen LogP contribution in [0.5, 0.6) is 6.01 Å². The van der Waals surface area contributed by atoms with E-state index in [4.69, 9.17) is 9.72 Å². The summed E-state index contributed by atoms with van der Waals surface area (Å²) in [6.45, 7) is 4.09. The van der Waals surface area contributed by atoms with Crippen molar-refractivity contribution in [1.29, 1.82) is 5.26 Å². The second-order valence-corrected chi connectivity index (χ2v) is 7.20. The fourth-order valence-corrected chi connectivity index (χ4v) is 3.70. The van der Waals surface area contributed by atoms with Gasteiger partial charge in [-0.1, -0.05) is 55.8 Å². The van der Waals surface area contributed by atoms with E-state index >= 15 is 0 Å². The molecule has 0 unspecified atom stereocenters. The SMILES string of the molecule is CCCc1nc(C)n2nc(OC)nc2c1Cc1ccc(-c2ccccc2C#N)cc1. The highest BCUT2D eigenvalue weighted by Gasteiger charge is 2.17. The van der Waals surface area contributed by atoms with Crippen molar-refractivity contribution >= 4 is 5.65 Å². The molecule has 0 aliphatic rings. The first-order valence-electron chi connectivity index (χ1n) is 10.0. The highest BCUT2D eigenvalue weighted by Crippen LogP contribution is 2.26. The Kier molecular flexibility index (Phi) is 5.44. The van der Waals surface area contributed by atoms with Crippen molar-refractivity contribution in [2.45, 2.75) is 33.1 Å². The predicted molar refractivity (Wildman–Crippen MR) is 115 cm³/mol. The molecule has 30 heavy (non-hydrogen) atoms. The molecule has 4 rings (SSSR count). The zero-order valence-corrected chi connectivity index (χ0v) is 17.4. The molecule has 0 saturated heterocycles. The number of hydrogen-bond acceptors (Lipinski definition) is 5. The van der Waals surface area contributed by atoms with Gasteiger partial charge in [0.05, 0.1) is 18.7 Å². The summed E-state index contributed by atoms with van der Waals surface area (Å²) in [5.41, 5.74) is 6.72. The quantitative estimate of drug-likeness (QED) is 0.478. The molecule has 0 fully saturated rings. The molecule has 0 N–H and O–H groups in total. The zero-order chi connectivity index (χ0) is 21.1. The minimum absolute atomic E-state index is 0.346. The van der Waals surface area contributed by atoms with Gasteiger partial charge in [-0.25, -0.2) is 4.98 Å². The van der Waals surface area contributed by atoms with Crippen molar-refractivity contribution in [1.82, 2.24) is 19.6 Å². The largest absolute Gasteiger partial charge is 0.466 e. The molecule has 0 atom stereocenters. The second kappa shape index (κ2) is 8.34. The molecule has 4 aromatic rings. The van der Waals surface area contributed by atoms with Gasteiger partial charge in [0.25, 0.3) is 0 Å². The Balaban J connectivity index is 1.73. The molecule has 6 nitrogen and oxygen atoms in total. The van der Waals surface area contributed by atoms with Gasteiger partial charge >= 0.3 is 6.01 Å². The topological polar surface area (TPSA) is 76.1 Å². The number of rotatable bonds is 6. The Labute approximate surface area is 175 Å². The average Bonchev–Trinajstić information content (AvgIpc) is 3.22. The number of hydrogen-bond donors (Lipinski definition) is 0. The first-order chi connectivity index (χ1) is 14.6. The smallest absolute Gasteiger partial charge is 0.336 e. The normalized spacial score (nSPS) is 10.9. The maximum Gasteiger partial charge on any atom is 0.336 e. The molecular formula is C24H23N5O. The van der Waals surface area contributed by atoms with Crippen molar-refractivity contribution in [2.75, 3.05) is 7.11 Å². The second-order valence-electron chi connectivity index (χ2n) is 7.20. The van der Waals surface area contributed by atoms with Crippen LogP contribution in [0.2, 0.25) is 0 Å². The summed E-state index contributed by atoms with van der Waals surface area (Å²) in [7, 11) is 1.57. The van der Waals surface area contributed by atoms with E-state index in [1.807, 2.05) is 31.2 Å². The van der Waals surface area contributed by atoms with Crippen LogP contribution in [-0.2, 0) is 12.8 Å². The molecule has 0 spiro atoms. The number of aryl methyl sites for hydroxylation is 2. The van der Waals surface area contributed by atoms with Crippen molar-refractivity contribution in [2.24, 2.45) is 0 Å². The van der Waals surface area contributed by atoms with Crippen LogP contribution in [-0.4, -0.2) is 26.7 Å². The molecule has 0 amide bonds. The van der Waals surface area contributed by atoms with Gasteiger partial charge in [0.15, 0.2) is 5.65 Å². The zero-order valence-electron chi connectivity index (χ0n) is 17.4. The summed E-state index contributed by atoms with van der Waals surface area (Å²) in [4.78, 5) is 9.36. The van der Waals surface area contributed by atoms with Crippen molar-refractivity contribution in [3.8, 4) is 23.2 Å². The number of ether oxygens (including phenoxy) is 1. The number of aromatic nitrogens is 4. The first-order valence-corrected chi connectivity index (χ1v) is 10.0. The summed E-state index contributed by atoms with van der Waals surface area (Å²) in [6, 6.07) is 18.6. The summed E-state index contributed by atoms with van der Waals surface area (Å²) < 4.78 is 7.00. The van der Waals surface area contributed by atoms with Crippen LogP contribution in [0, 0.1) is 18.3 Å². The van der Waals surface area contributed by atoms with E-state index in [9.17, 15) is 5.26 Å². The Morgan fingerprint density at radius 3 is 2.53 bits per heavy atom. The van der Waals surface area contributed by atoms with Crippen molar-refractivity contribution in [3.05, 3.63) is 76.7 Å². The van der Waals surface area contributed by atoms with E-state index in [2.05, 4.69) is 47.3 Å². The van der Waals surface area contributed by atoms with E-state index in [0.717, 1.165) is 52.3 Å². The molecule has 150 valence electrons. The van der Waals surface area contributed by atoms with Gasteiger partial charge in [0, 0.05) is 17.7 Å². The van der Waals surface area contributed by atoms with Gasteiger partial charge in [-0.05, 0) is 36.1 Å². The molecule has 6 heteroatoms. The van der Waals surface area contributed by atoms with Crippen molar-refractivity contribution in [3.63, 3.8) is 0 Å². The monoisotopic (exact) mass is 397 g/mol. The highest BCUT2D eigenvalue weighted by molar-refractivity contribution is 5.70. The Morgan fingerprint density at radius 2 is 1.83 bits per heavy atom. The van der Waals surface area contributed by atoms with Crippen LogP contribution < -0.4 is 4.74 Å². The summed E-state index contributed by atoms with van der Waals surface area (Å²) >= 11 is 0. The standard InChI is InChI=1S/C24H23N5O/c1-4-7-22-21(23-27-24(30-3)28-29(23)16(2)26-22)14-17-10-12-18(13-11-17)20-9-6-5-8-19(20)15-25/h5-6,8-13H,4,7,14H2,1-3H3. The highest BCUT2D eigenvalue weighted by atomic mass is 16.5. The van der Waals surface area contributed by atoms with Crippen LogP contribution in [0.25, 0.3) is 16.8 Å². The molecule has 2 aromatic carbocycles. The van der Waals surface area contributed by atoms with Crippen LogP contribution in [0.3, 0.4) is 0 Å². The lowest BCUT2D eigenvalue weighted by molar-refractivity contribution is 0.380. The van der Waals surface area contributed by atoms with Gasteiger partial charge in [-0.15, -0.1) is 5.10 Å².